The Balaban J connectivity index is 1.68. The second-order valence-corrected chi connectivity index (χ2v) is 8.48. The molecule has 0 saturated heterocycles. The van der Waals surface area contributed by atoms with Gasteiger partial charge in [0.05, 0.1) is 0 Å². The van der Waals surface area contributed by atoms with Crippen LogP contribution in [0.2, 0.25) is 0 Å². The second-order valence-electron chi connectivity index (χ2n) is 7.54. The highest BCUT2D eigenvalue weighted by molar-refractivity contribution is 7.98. The lowest BCUT2D eigenvalue weighted by atomic mass is 10.1. The maximum Gasteiger partial charge on any atom is 0.248 e. The molecule has 158 valence electrons. The fourth-order valence-corrected chi connectivity index (χ4v) is 3.89. The van der Waals surface area contributed by atoms with Gasteiger partial charge in [-0.3, -0.25) is 4.79 Å². The van der Waals surface area contributed by atoms with Crippen molar-refractivity contribution in [1.29, 1.82) is 0 Å². The zero-order valence-corrected chi connectivity index (χ0v) is 18.5. The van der Waals surface area contributed by atoms with Crippen molar-refractivity contribution in [2.24, 2.45) is 11.7 Å². The van der Waals surface area contributed by atoms with Gasteiger partial charge >= 0.3 is 0 Å². The maximum absolute atomic E-state index is 11.2. The molecule has 0 atom stereocenters. The van der Waals surface area contributed by atoms with Crippen LogP contribution in [-0.2, 0) is 25.3 Å². The van der Waals surface area contributed by atoms with Crippen LogP contribution in [0.3, 0.4) is 0 Å². The fraction of sp³-hybridized carbons (Fsp3) is 0.348. The molecule has 2 aromatic carbocycles. The molecule has 0 unspecified atom stereocenters. The van der Waals surface area contributed by atoms with Gasteiger partial charge in [-0.15, -0.1) is 10.2 Å². The summed E-state index contributed by atoms with van der Waals surface area (Å²) >= 11 is 1.62. The largest absolute Gasteiger partial charge is 0.486 e. The van der Waals surface area contributed by atoms with Gasteiger partial charge in [0, 0.05) is 17.9 Å². The van der Waals surface area contributed by atoms with Crippen LogP contribution in [0.5, 0.6) is 5.75 Å². The number of hydrogen-bond donors (Lipinski definition) is 1. The molecule has 1 heterocycles. The minimum absolute atomic E-state index is 0.374. The highest BCUT2D eigenvalue weighted by Crippen LogP contribution is 2.24. The summed E-state index contributed by atoms with van der Waals surface area (Å²) in [4.78, 5) is 11.2. The number of aromatic nitrogens is 3. The van der Waals surface area contributed by atoms with Crippen LogP contribution < -0.4 is 10.5 Å². The molecule has 6 nitrogen and oxygen atoms in total. The number of amides is 1. The molecular formula is C23H28N4O2S. The van der Waals surface area contributed by atoms with Gasteiger partial charge in [-0.05, 0) is 47.7 Å². The summed E-state index contributed by atoms with van der Waals surface area (Å²) in [5.41, 5.74) is 8.20. The zero-order valence-electron chi connectivity index (χ0n) is 17.7. The normalized spacial score (nSPS) is 11.1. The second kappa shape index (κ2) is 10.3. The smallest absolute Gasteiger partial charge is 0.248 e. The summed E-state index contributed by atoms with van der Waals surface area (Å²) in [7, 11) is 0. The molecule has 1 amide bonds. The van der Waals surface area contributed by atoms with Gasteiger partial charge in [0.25, 0.3) is 0 Å². The Morgan fingerprint density at radius 3 is 2.33 bits per heavy atom. The van der Waals surface area contributed by atoms with Gasteiger partial charge in [-0.25, -0.2) is 0 Å². The Bertz CT molecular complexity index is 966. The average Bonchev–Trinajstić information content (AvgIpc) is 3.12. The predicted molar refractivity (Wildman–Crippen MR) is 120 cm³/mol. The lowest BCUT2D eigenvalue weighted by Gasteiger charge is -2.13. The van der Waals surface area contributed by atoms with Crippen LogP contribution in [0.15, 0.2) is 53.7 Å². The number of benzene rings is 2. The molecule has 0 aliphatic rings. The van der Waals surface area contributed by atoms with E-state index in [-0.39, 0.29) is 0 Å². The summed E-state index contributed by atoms with van der Waals surface area (Å²) in [5.74, 6) is 2.41. The number of carbonyl (C=O) groups is 1. The molecule has 2 N–H and O–H groups in total. The van der Waals surface area contributed by atoms with E-state index in [2.05, 4.69) is 47.7 Å². The molecule has 3 aromatic rings. The monoisotopic (exact) mass is 424 g/mol. The molecule has 0 aliphatic carbocycles. The number of carbonyl (C=O) groups excluding carboxylic acids is 1. The fourth-order valence-electron chi connectivity index (χ4n) is 2.96. The van der Waals surface area contributed by atoms with Crippen molar-refractivity contribution in [3.63, 3.8) is 0 Å². The van der Waals surface area contributed by atoms with E-state index in [0.29, 0.717) is 18.1 Å². The van der Waals surface area contributed by atoms with Gasteiger partial charge in [0.2, 0.25) is 5.91 Å². The zero-order chi connectivity index (χ0) is 21.5. The number of primary amides is 1. The van der Waals surface area contributed by atoms with E-state index >= 15 is 0 Å². The van der Waals surface area contributed by atoms with Gasteiger partial charge in [0.1, 0.15) is 12.4 Å². The SMILES string of the molecule is CCc1ccc(OCc2nnc(SCc3ccc(C(N)=O)cc3)n2CC(C)C)cc1. The molecule has 0 bridgehead atoms. The van der Waals surface area contributed by atoms with Crippen LogP contribution in [0.1, 0.15) is 48.1 Å². The number of nitrogens with two attached hydrogens (primary N) is 1. The van der Waals surface area contributed by atoms with Crippen LogP contribution in [0.25, 0.3) is 0 Å². The highest BCUT2D eigenvalue weighted by atomic mass is 32.2. The van der Waals surface area contributed by atoms with Crippen molar-refractivity contribution in [3.8, 4) is 5.75 Å². The summed E-state index contributed by atoms with van der Waals surface area (Å²) < 4.78 is 8.08. The van der Waals surface area contributed by atoms with E-state index in [0.717, 1.165) is 41.0 Å². The van der Waals surface area contributed by atoms with E-state index in [1.807, 2.05) is 24.3 Å². The van der Waals surface area contributed by atoms with Crippen molar-refractivity contribution in [2.75, 3.05) is 0 Å². The molecule has 30 heavy (non-hydrogen) atoms. The van der Waals surface area contributed by atoms with Crippen LogP contribution >= 0.6 is 11.8 Å². The Kier molecular flexibility index (Phi) is 7.52. The Labute approximate surface area is 181 Å². The minimum Gasteiger partial charge on any atom is -0.486 e. The molecule has 0 saturated carbocycles. The topological polar surface area (TPSA) is 83.0 Å². The third-order valence-electron chi connectivity index (χ3n) is 4.65. The number of rotatable bonds is 10. The predicted octanol–water partition coefficient (Wildman–Crippen LogP) is 4.47. The molecular weight excluding hydrogens is 396 g/mol. The lowest BCUT2D eigenvalue weighted by molar-refractivity contribution is 0.100. The first-order valence-electron chi connectivity index (χ1n) is 10.1. The number of thioether (sulfide) groups is 1. The number of ether oxygens (including phenoxy) is 1. The van der Waals surface area contributed by atoms with Gasteiger partial charge < -0.3 is 15.0 Å². The van der Waals surface area contributed by atoms with Gasteiger partial charge in [-0.2, -0.15) is 0 Å². The van der Waals surface area contributed by atoms with Crippen molar-refractivity contribution in [3.05, 3.63) is 71.0 Å². The highest BCUT2D eigenvalue weighted by Gasteiger charge is 2.15. The van der Waals surface area contributed by atoms with Crippen LogP contribution in [0.4, 0.5) is 0 Å². The molecule has 0 aliphatic heterocycles. The first-order chi connectivity index (χ1) is 14.5. The summed E-state index contributed by atoms with van der Waals surface area (Å²) in [6.45, 7) is 7.67. The third kappa shape index (κ3) is 5.86. The molecule has 0 spiro atoms. The van der Waals surface area contributed by atoms with E-state index in [1.54, 1.807) is 23.9 Å². The standard InChI is InChI=1S/C23H28N4O2S/c1-4-17-7-11-20(12-8-17)29-14-21-25-26-23(27(21)13-16(2)3)30-15-18-5-9-19(10-6-18)22(24)28/h5-12,16H,4,13-15H2,1-3H3,(H2,24,28). The van der Waals surface area contributed by atoms with E-state index < -0.39 is 5.91 Å². The maximum atomic E-state index is 11.2. The van der Waals surface area contributed by atoms with E-state index in [9.17, 15) is 4.79 Å². The van der Waals surface area contributed by atoms with E-state index in [1.165, 1.54) is 5.56 Å². The minimum atomic E-state index is -0.417. The van der Waals surface area contributed by atoms with E-state index in [4.69, 9.17) is 10.5 Å². The average molecular weight is 425 g/mol. The van der Waals surface area contributed by atoms with Gasteiger partial charge in [-0.1, -0.05) is 56.8 Å². The van der Waals surface area contributed by atoms with Crippen molar-refractivity contribution >= 4 is 17.7 Å². The first kappa shape index (κ1) is 21.9. The van der Waals surface area contributed by atoms with Crippen LogP contribution in [0, 0.1) is 5.92 Å². The van der Waals surface area contributed by atoms with Crippen LogP contribution in [-0.4, -0.2) is 20.7 Å². The summed E-state index contributed by atoms with van der Waals surface area (Å²) in [6, 6.07) is 15.5. The molecule has 7 heteroatoms. The van der Waals surface area contributed by atoms with Crippen molar-refractivity contribution in [1.82, 2.24) is 14.8 Å². The summed E-state index contributed by atoms with van der Waals surface area (Å²) in [5, 5.41) is 9.63. The number of hydrogen-bond acceptors (Lipinski definition) is 5. The molecule has 1 aromatic heterocycles. The Hall–Kier alpha value is -2.80. The first-order valence-corrected chi connectivity index (χ1v) is 11.1. The van der Waals surface area contributed by atoms with Gasteiger partial charge in [0.15, 0.2) is 11.0 Å². The molecule has 0 radical (unpaired) electrons. The van der Waals surface area contributed by atoms with Crippen molar-refractivity contribution in [2.45, 2.75) is 51.3 Å². The third-order valence-corrected chi connectivity index (χ3v) is 5.69. The van der Waals surface area contributed by atoms with Crippen molar-refractivity contribution < 1.29 is 9.53 Å². The lowest BCUT2D eigenvalue weighted by Crippen LogP contribution is -2.12. The molecule has 3 rings (SSSR count). The quantitative estimate of drug-likeness (QED) is 0.486. The summed E-state index contributed by atoms with van der Waals surface area (Å²) in [6.07, 6.45) is 1.01. The Morgan fingerprint density at radius 1 is 1.07 bits per heavy atom. The number of aryl methyl sites for hydroxylation is 1. The Morgan fingerprint density at radius 2 is 1.73 bits per heavy atom. The number of nitrogens with zero attached hydrogens (tertiary/aromatic N) is 3. The molecule has 0 fully saturated rings.